The van der Waals surface area contributed by atoms with Crippen LogP contribution in [0.5, 0.6) is 0 Å². The number of unbranched alkanes of at least 4 members (excludes halogenated alkanes) is 1. The topological polar surface area (TPSA) is 37.3 Å². The molecule has 1 aliphatic carbocycles. The predicted molar refractivity (Wildman–Crippen MR) is 86.9 cm³/mol. The average molecular weight is 295 g/mol. The van der Waals surface area contributed by atoms with Crippen LogP contribution in [0.1, 0.15) is 57.8 Å². The Labute approximate surface area is 125 Å². The van der Waals surface area contributed by atoms with Gasteiger partial charge in [-0.3, -0.25) is 4.79 Å². The molecule has 2 aliphatic rings. The Kier molecular flexibility index (Phi) is 6.33. The molecule has 1 saturated carbocycles. The number of allylic oxidation sites excluding steroid dienone is 1. The molecule has 1 heterocycles. The van der Waals surface area contributed by atoms with Gasteiger partial charge in [-0.15, -0.1) is 6.58 Å². The lowest BCUT2D eigenvalue weighted by Gasteiger charge is -2.36. The fraction of sp³-hybridized carbons (Fsp3) is 0.824. The van der Waals surface area contributed by atoms with Gasteiger partial charge in [-0.05, 0) is 37.1 Å². The first-order chi connectivity index (χ1) is 9.70. The van der Waals surface area contributed by atoms with Crippen molar-refractivity contribution in [3.05, 3.63) is 12.7 Å². The molecular formula is C17H30O2Si. The number of carboxylic acid groups (broad SMARTS) is 1. The van der Waals surface area contributed by atoms with E-state index in [1.54, 1.807) is 0 Å². The zero-order valence-electron chi connectivity index (χ0n) is 12.7. The van der Waals surface area contributed by atoms with E-state index < -0.39 is 14.8 Å². The third-order valence-electron chi connectivity index (χ3n) is 5.70. The Morgan fingerprint density at radius 1 is 1.15 bits per heavy atom. The normalized spacial score (nSPS) is 34.6. The molecule has 20 heavy (non-hydrogen) atoms. The Morgan fingerprint density at radius 3 is 2.35 bits per heavy atom. The summed E-state index contributed by atoms with van der Waals surface area (Å²) < 4.78 is 0. The van der Waals surface area contributed by atoms with Crippen molar-refractivity contribution >= 4 is 14.8 Å². The summed E-state index contributed by atoms with van der Waals surface area (Å²) in [4.78, 5) is 11.0. The van der Waals surface area contributed by atoms with Crippen molar-refractivity contribution < 1.29 is 9.90 Å². The standard InChI is InChI=1S/C17H30O2Si/c1-2-3-4-5-14-6-8-16(9-7-14)20-12-10-15(11-13-20)17(18)19/h2,14-16,20H,1,3-13H2,(H,18,19)/t14?,15-,16?,20-. The smallest absolute Gasteiger partial charge is 0.306 e. The number of carboxylic acids is 1. The lowest BCUT2D eigenvalue weighted by Crippen LogP contribution is -2.31. The Bertz CT molecular complexity index is 313. The first-order valence-corrected chi connectivity index (χ1v) is 10.8. The lowest BCUT2D eigenvalue weighted by atomic mass is 9.85. The number of hydrogen-bond acceptors (Lipinski definition) is 1. The van der Waals surface area contributed by atoms with E-state index in [-0.39, 0.29) is 5.92 Å². The summed E-state index contributed by atoms with van der Waals surface area (Å²) in [5, 5.41) is 9.08. The quantitative estimate of drug-likeness (QED) is 0.441. The molecule has 0 unspecified atom stereocenters. The van der Waals surface area contributed by atoms with E-state index in [2.05, 4.69) is 6.58 Å². The van der Waals surface area contributed by atoms with Crippen LogP contribution in [0.25, 0.3) is 0 Å². The van der Waals surface area contributed by atoms with Gasteiger partial charge in [0.25, 0.3) is 0 Å². The monoisotopic (exact) mass is 294 g/mol. The molecule has 0 amide bonds. The number of hydrogen-bond donors (Lipinski definition) is 1. The Morgan fingerprint density at radius 2 is 1.80 bits per heavy atom. The van der Waals surface area contributed by atoms with E-state index in [4.69, 9.17) is 5.11 Å². The maximum Gasteiger partial charge on any atom is 0.306 e. The molecule has 1 aliphatic heterocycles. The zero-order valence-corrected chi connectivity index (χ0v) is 13.9. The second-order valence-electron chi connectivity index (χ2n) is 6.95. The summed E-state index contributed by atoms with van der Waals surface area (Å²) in [6, 6.07) is 2.59. The molecule has 0 spiro atoms. The Hall–Kier alpha value is -0.573. The van der Waals surface area contributed by atoms with Crippen LogP contribution >= 0.6 is 0 Å². The maximum atomic E-state index is 11.0. The molecule has 114 valence electrons. The second-order valence-corrected chi connectivity index (χ2v) is 10.6. The van der Waals surface area contributed by atoms with Gasteiger partial charge < -0.3 is 5.11 Å². The second kappa shape index (κ2) is 8.01. The molecule has 0 bridgehead atoms. The zero-order chi connectivity index (χ0) is 14.4. The summed E-state index contributed by atoms with van der Waals surface area (Å²) in [6.45, 7) is 3.80. The molecule has 0 aromatic rings. The van der Waals surface area contributed by atoms with E-state index in [1.165, 1.54) is 57.0 Å². The molecule has 3 heteroatoms. The van der Waals surface area contributed by atoms with E-state index in [1.807, 2.05) is 6.08 Å². The van der Waals surface area contributed by atoms with Crippen LogP contribution in [0.2, 0.25) is 17.6 Å². The van der Waals surface area contributed by atoms with Gasteiger partial charge in [-0.1, -0.05) is 50.3 Å². The molecular weight excluding hydrogens is 264 g/mol. The average Bonchev–Trinajstić information content (AvgIpc) is 2.48. The molecule has 0 atom stereocenters. The van der Waals surface area contributed by atoms with Crippen molar-refractivity contribution in [2.75, 3.05) is 0 Å². The van der Waals surface area contributed by atoms with E-state index in [0.717, 1.165) is 24.3 Å². The van der Waals surface area contributed by atoms with Crippen molar-refractivity contribution in [2.45, 2.75) is 75.4 Å². The van der Waals surface area contributed by atoms with Gasteiger partial charge in [0.05, 0.1) is 5.92 Å². The number of aliphatic carboxylic acids is 1. The molecule has 0 aromatic heterocycles. The minimum atomic E-state index is -0.627. The largest absolute Gasteiger partial charge is 0.481 e. The van der Waals surface area contributed by atoms with Crippen LogP contribution in [-0.4, -0.2) is 19.9 Å². The van der Waals surface area contributed by atoms with Crippen LogP contribution in [0, 0.1) is 11.8 Å². The minimum Gasteiger partial charge on any atom is -0.481 e. The summed E-state index contributed by atoms with van der Waals surface area (Å²) in [6.07, 6.45) is 13.7. The fourth-order valence-corrected chi connectivity index (χ4v) is 8.56. The van der Waals surface area contributed by atoms with Gasteiger partial charge in [0.2, 0.25) is 0 Å². The minimum absolute atomic E-state index is 0.0195. The van der Waals surface area contributed by atoms with Gasteiger partial charge in [0.15, 0.2) is 0 Å². The van der Waals surface area contributed by atoms with E-state index in [0.29, 0.717) is 0 Å². The van der Waals surface area contributed by atoms with Crippen molar-refractivity contribution in [1.82, 2.24) is 0 Å². The highest BCUT2D eigenvalue weighted by atomic mass is 28.3. The molecule has 1 N–H and O–H groups in total. The third-order valence-corrected chi connectivity index (χ3v) is 9.85. The van der Waals surface area contributed by atoms with Crippen molar-refractivity contribution in [3.8, 4) is 0 Å². The maximum absolute atomic E-state index is 11.0. The van der Waals surface area contributed by atoms with Gasteiger partial charge in [0, 0.05) is 8.80 Å². The molecule has 1 saturated heterocycles. The SMILES string of the molecule is C=CCCCC1CCC([Si@H]2CC[C@H](C(=O)O)CC2)CC1. The molecule has 2 nitrogen and oxygen atoms in total. The Balaban J connectivity index is 1.67. The first-order valence-electron chi connectivity index (χ1n) is 8.54. The van der Waals surface area contributed by atoms with Gasteiger partial charge >= 0.3 is 5.97 Å². The van der Waals surface area contributed by atoms with Crippen LogP contribution in [-0.2, 0) is 4.79 Å². The fourth-order valence-electron chi connectivity index (χ4n) is 4.34. The molecule has 0 radical (unpaired) electrons. The van der Waals surface area contributed by atoms with Crippen LogP contribution in [0.15, 0.2) is 12.7 Å². The molecule has 0 aromatic carbocycles. The van der Waals surface area contributed by atoms with Gasteiger partial charge in [-0.2, -0.15) is 0 Å². The summed E-state index contributed by atoms with van der Waals surface area (Å²) in [7, 11) is -0.627. The van der Waals surface area contributed by atoms with Crippen LogP contribution in [0.4, 0.5) is 0 Å². The predicted octanol–water partition coefficient (Wildman–Crippen LogP) is 4.62. The van der Waals surface area contributed by atoms with Crippen LogP contribution < -0.4 is 0 Å². The van der Waals surface area contributed by atoms with Crippen LogP contribution in [0.3, 0.4) is 0 Å². The van der Waals surface area contributed by atoms with Crippen molar-refractivity contribution in [1.29, 1.82) is 0 Å². The summed E-state index contributed by atoms with van der Waals surface area (Å²) in [5.74, 6) is 0.396. The van der Waals surface area contributed by atoms with Crippen molar-refractivity contribution in [3.63, 3.8) is 0 Å². The van der Waals surface area contributed by atoms with Gasteiger partial charge in [0.1, 0.15) is 0 Å². The highest BCUT2D eigenvalue weighted by Gasteiger charge is 2.33. The molecule has 2 fully saturated rings. The molecule has 2 rings (SSSR count). The lowest BCUT2D eigenvalue weighted by molar-refractivity contribution is -0.142. The van der Waals surface area contributed by atoms with E-state index >= 15 is 0 Å². The third kappa shape index (κ3) is 4.47. The van der Waals surface area contributed by atoms with Crippen molar-refractivity contribution in [2.24, 2.45) is 11.8 Å². The first kappa shape index (κ1) is 15.8. The van der Waals surface area contributed by atoms with Gasteiger partial charge in [-0.25, -0.2) is 0 Å². The number of carbonyl (C=O) groups is 1. The summed E-state index contributed by atoms with van der Waals surface area (Å²) in [5.41, 5.74) is 1.03. The summed E-state index contributed by atoms with van der Waals surface area (Å²) >= 11 is 0. The highest BCUT2D eigenvalue weighted by molar-refractivity contribution is 6.60. The highest BCUT2D eigenvalue weighted by Crippen LogP contribution is 2.42. The van der Waals surface area contributed by atoms with E-state index in [9.17, 15) is 4.79 Å². The number of rotatable bonds is 6.